The van der Waals surface area contributed by atoms with Crippen molar-refractivity contribution in [3.05, 3.63) is 46.8 Å². The minimum atomic E-state index is -3.94. The van der Waals surface area contributed by atoms with Crippen molar-refractivity contribution in [2.24, 2.45) is 4.99 Å². The number of rotatable bonds is 12. The van der Waals surface area contributed by atoms with E-state index in [9.17, 15) is 13.2 Å². The summed E-state index contributed by atoms with van der Waals surface area (Å²) in [5.74, 6) is 0.544. The van der Waals surface area contributed by atoms with E-state index in [0.29, 0.717) is 29.5 Å². The van der Waals surface area contributed by atoms with Gasteiger partial charge in [0.15, 0.2) is 16.3 Å². The number of fused-ring (bicyclic) bond motifs is 1. The summed E-state index contributed by atoms with van der Waals surface area (Å²) in [6, 6.07) is 12.9. The number of sulfonamides is 1. The molecule has 13 heteroatoms. The number of aromatic nitrogens is 1. The van der Waals surface area contributed by atoms with Crippen LogP contribution in [-0.4, -0.2) is 64.2 Å². The van der Waals surface area contributed by atoms with E-state index in [-0.39, 0.29) is 36.4 Å². The maximum Gasteiger partial charge on any atom is 0.279 e. The van der Waals surface area contributed by atoms with E-state index in [1.807, 2.05) is 28.8 Å². The Hall–Kier alpha value is -3.75. The van der Waals surface area contributed by atoms with Crippen LogP contribution in [0.2, 0.25) is 0 Å². The third-order valence-electron chi connectivity index (χ3n) is 5.59. The lowest BCUT2D eigenvalue weighted by atomic mass is 10.2. The molecule has 0 saturated heterocycles. The maximum absolute atomic E-state index is 13.1. The average molecular weight is 558 g/mol. The van der Waals surface area contributed by atoms with Crippen LogP contribution in [0.1, 0.15) is 23.2 Å². The summed E-state index contributed by atoms with van der Waals surface area (Å²) in [5, 5.41) is 17.7. The van der Waals surface area contributed by atoms with E-state index in [0.717, 1.165) is 14.5 Å². The SMILES string of the molecule is COCCn1c(=NC(=O)c2ccc(S(=O)(=O)N(CCC#N)CCC#N)cc2)sc2cc(OC)c(OC)cc21. The zero-order chi connectivity index (χ0) is 27.7. The molecule has 0 N–H and O–H groups in total. The smallest absolute Gasteiger partial charge is 0.279 e. The summed E-state index contributed by atoms with van der Waals surface area (Å²) in [6.07, 6.45) is -0.00775. The van der Waals surface area contributed by atoms with Gasteiger partial charge in [0.05, 0.1) is 48.1 Å². The number of benzene rings is 2. The number of carbonyl (C=O) groups excluding carboxylic acids is 1. The predicted molar refractivity (Wildman–Crippen MR) is 140 cm³/mol. The molecule has 1 amide bonds. The molecule has 0 spiro atoms. The van der Waals surface area contributed by atoms with E-state index >= 15 is 0 Å². The van der Waals surface area contributed by atoms with Crippen molar-refractivity contribution >= 4 is 37.5 Å². The summed E-state index contributed by atoms with van der Waals surface area (Å²) in [4.78, 5) is 17.8. The second-order valence-electron chi connectivity index (χ2n) is 7.87. The van der Waals surface area contributed by atoms with Crippen LogP contribution in [-0.2, 0) is 21.3 Å². The average Bonchev–Trinajstić information content (AvgIpc) is 3.26. The molecule has 0 aliphatic carbocycles. The van der Waals surface area contributed by atoms with Gasteiger partial charge in [0.1, 0.15) is 0 Å². The topological polar surface area (TPSA) is 147 Å². The lowest BCUT2D eigenvalue weighted by molar-refractivity contribution is 0.0997. The number of amides is 1. The highest BCUT2D eigenvalue weighted by atomic mass is 32.2. The van der Waals surface area contributed by atoms with Gasteiger partial charge in [0.2, 0.25) is 10.0 Å². The van der Waals surface area contributed by atoms with E-state index in [1.54, 1.807) is 21.3 Å². The molecule has 11 nitrogen and oxygen atoms in total. The zero-order valence-corrected chi connectivity index (χ0v) is 22.8. The van der Waals surface area contributed by atoms with Crippen LogP contribution < -0.4 is 14.3 Å². The number of nitrogens with zero attached hydrogens (tertiary/aromatic N) is 5. The Balaban J connectivity index is 1.98. The first kappa shape index (κ1) is 28.8. The molecule has 0 unspecified atom stereocenters. The van der Waals surface area contributed by atoms with Crippen molar-refractivity contribution in [3.8, 4) is 23.6 Å². The van der Waals surface area contributed by atoms with Gasteiger partial charge in [0, 0.05) is 57.3 Å². The fraction of sp³-hybridized carbons (Fsp3) is 0.360. The molecule has 3 rings (SSSR count). The van der Waals surface area contributed by atoms with Crippen molar-refractivity contribution < 1.29 is 27.4 Å². The van der Waals surface area contributed by atoms with Crippen molar-refractivity contribution in [1.29, 1.82) is 10.5 Å². The van der Waals surface area contributed by atoms with Crippen molar-refractivity contribution in [1.82, 2.24) is 8.87 Å². The molecular formula is C25H27N5O6S2. The molecule has 0 aliphatic heterocycles. The van der Waals surface area contributed by atoms with Crippen molar-refractivity contribution in [3.63, 3.8) is 0 Å². The second kappa shape index (κ2) is 13.2. The third kappa shape index (κ3) is 6.38. The minimum Gasteiger partial charge on any atom is -0.493 e. The molecule has 200 valence electrons. The number of ether oxygens (including phenoxy) is 3. The molecule has 1 heterocycles. The highest BCUT2D eigenvalue weighted by molar-refractivity contribution is 7.89. The lowest BCUT2D eigenvalue weighted by Crippen LogP contribution is -2.32. The summed E-state index contributed by atoms with van der Waals surface area (Å²) >= 11 is 1.30. The first-order valence-corrected chi connectivity index (χ1v) is 13.7. The van der Waals surface area contributed by atoms with Gasteiger partial charge in [0.25, 0.3) is 5.91 Å². The molecule has 0 aliphatic rings. The van der Waals surface area contributed by atoms with Gasteiger partial charge in [-0.2, -0.15) is 19.8 Å². The lowest BCUT2D eigenvalue weighted by Gasteiger charge is -2.20. The number of nitriles is 2. The van der Waals surface area contributed by atoms with E-state index in [2.05, 4.69) is 4.99 Å². The summed E-state index contributed by atoms with van der Waals surface area (Å²) in [6.45, 7) is 0.776. The Morgan fingerprint density at radius 1 is 1.03 bits per heavy atom. The maximum atomic E-state index is 13.1. The van der Waals surface area contributed by atoms with E-state index in [4.69, 9.17) is 24.7 Å². The molecule has 1 aromatic heterocycles. The number of hydrogen-bond donors (Lipinski definition) is 0. The Bertz CT molecular complexity index is 1530. The predicted octanol–water partition coefficient (Wildman–Crippen LogP) is 2.93. The van der Waals surface area contributed by atoms with Crippen LogP contribution >= 0.6 is 11.3 Å². The van der Waals surface area contributed by atoms with Gasteiger partial charge in [-0.25, -0.2) is 8.42 Å². The molecule has 38 heavy (non-hydrogen) atoms. The quantitative estimate of drug-likeness (QED) is 0.330. The number of carbonyl (C=O) groups is 1. The Morgan fingerprint density at radius 2 is 1.63 bits per heavy atom. The van der Waals surface area contributed by atoms with Crippen LogP contribution in [0.4, 0.5) is 0 Å². The minimum absolute atomic E-state index is 0.00387. The fourth-order valence-corrected chi connectivity index (χ4v) is 6.16. The first-order valence-electron chi connectivity index (χ1n) is 11.5. The Morgan fingerprint density at radius 3 is 2.18 bits per heavy atom. The Labute approximate surface area is 224 Å². The third-order valence-corrected chi connectivity index (χ3v) is 8.54. The summed E-state index contributed by atoms with van der Waals surface area (Å²) in [5.41, 5.74) is 1.00. The van der Waals surface area contributed by atoms with Crippen LogP contribution in [0, 0.1) is 22.7 Å². The van der Waals surface area contributed by atoms with Gasteiger partial charge in [-0.1, -0.05) is 11.3 Å². The standard InChI is InChI=1S/C25H27N5O6S2/c1-34-15-14-30-20-16-21(35-2)22(36-3)17-23(20)37-25(30)28-24(31)18-6-8-19(9-7-18)38(32,33)29(12-4-10-26)13-5-11-27/h6-9,16-17H,4-5,12-15H2,1-3H3. The number of methoxy groups -OCH3 is 3. The molecule has 0 fully saturated rings. The van der Waals surface area contributed by atoms with Crippen LogP contribution in [0.25, 0.3) is 10.2 Å². The monoisotopic (exact) mass is 557 g/mol. The zero-order valence-electron chi connectivity index (χ0n) is 21.2. The molecule has 0 saturated carbocycles. The second-order valence-corrected chi connectivity index (χ2v) is 10.8. The largest absolute Gasteiger partial charge is 0.493 e. The van der Waals surface area contributed by atoms with Crippen LogP contribution in [0.3, 0.4) is 0 Å². The van der Waals surface area contributed by atoms with Gasteiger partial charge in [-0.05, 0) is 24.3 Å². The molecule has 3 aromatic rings. The number of hydrogen-bond acceptors (Lipinski definition) is 9. The van der Waals surface area contributed by atoms with E-state index in [1.165, 1.54) is 35.6 Å². The Kier molecular flexibility index (Phi) is 9.98. The summed E-state index contributed by atoms with van der Waals surface area (Å²) < 4.78 is 45.9. The van der Waals surface area contributed by atoms with Gasteiger partial charge < -0.3 is 18.8 Å². The number of thiazole rings is 1. The van der Waals surface area contributed by atoms with E-state index < -0.39 is 15.9 Å². The molecular weight excluding hydrogens is 530 g/mol. The summed E-state index contributed by atoms with van der Waals surface area (Å²) in [7, 11) is 0.721. The first-order chi connectivity index (χ1) is 18.3. The molecule has 2 aromatic carbocycles. The molecule has 0 radical (unpaired) electrons. The highest BCUT2D eigenvalue weighted by Gasteiger charge is 2.24. The molecule has 0 bridgehead atoms. The van der Waals surface area contributed by atoms with Gasteiger partial charge in [-0.15, -0.1) is 0 Å². The molecule has 0 atom stereocenters. The van der Waals surface area contributed by atoms with Gasteiger partial charge in [-0.3, -0.25) is 4.79 Å². The fourth-order valence-electron chi connectivity index (χ4n) is 3.65. The van der Waals surface area contributed by atoms with Crippen LogP contribution in [0.15, 0.2) is 46.3 Å². The highest BCUT2D eigenvalue weighted by Crippen LogP contribution is 2.33. The van der Waals surface area contributed by atoms with Crippen molar-refractivity contribution in [2.45, 2.75) is 24.3 Å². The van der Waals surface area contributed by atoms with Gasteiger partial charge >= 0.3 is 0 Å². The van der Waals surface area contributed by atoms with Crippen molar-refractivity contribution in [2.75, 3.05) is 41.0 Å². The normalized spacial score (nSPS) is 11.9. The van der Waals surface area contributed by atoms with Crippen LogP contribution in [0.5, 0.6) is 11.5 Å².